The minimum Gasteiger partial charge on any atom is -0.458 e. The van der Waals surface area contributed by atoms with Gasteiger partial charge in [0.2, 0.25) is 0 Å². The van der Waals surface area contributed by atoms with E-state index >= 15 is 0 Å². The topological polar surface area (TPSA) is 87.2 Å². The number of rotatable bonds is 3. The van der Waals surface area contributed by atoms with E-state index in [1.807, 2.05) is 0 Å². The summed E-state index contributed by atoms with van der Waals surface area (Å²) < 4.78 is 6.47. The molecule has 1 heterocycles. The molecular weight excluding hydrogens is 294 g/mol. The lowest BCUT2D eigenvalue weighted by Gasteiger charge is -2.13. The molecule has 0 aliphatic heterocycles. The molecule has 2 N–H and O–H groups in total. The average Bonchev–Trinajstić information content (AvgIpc) is 2.54. The molecule has 0 amide bonds. The van der Waals surface area contributed by atoms with E-state index in [1.165, 1.54) is 11.5 Å². The van der Waals surface area contributed by atoms with Crippen LogP contribution in [0.25, 0.3) is 16.6 Å². The maximum absolute atomic E-state index is 12.8. The summed E-state index contributed by atoms with van der Waals surface area (Å²) in [5, 5.41) is 0.496. The van der Waals surface area contributed by atoms with Crippen LogP contribution in [0.1, 0.15) is 12.7 Å². The van der Waals surface area contributed by atoms with Gasteiger partial charge in [-0.25, -0.2) is 4.98 Å². The van der Waals surface area contributed by atoms with Gasteiger partial charge in [-0.05, 0) is 36.4 Å². The number of hydrogen-bond donors (Lipinski definition) is 1. The van der Waals surface area contributed by atoms with Crippen molar-refractivity contribution in [2.75, 3.05) is 5.73 Å². The lowest BCUT2D eigenvalue weighted by atomic mass is 10.2. The Morgan fingerprint density at radius 1 is 1.17 bits per heavy atom. The molecule has 23 heavy (non-hydrogen) atoms. The number of nitrogens with two attached hydrogens (primary N) is 1. The quantitative estimate of drug-likeness (QED) is 0.591. The minimum absolute atomic E-state index is 0.0835. The van der Waals surface area contributed by atoms with Crippen molar-refractivity contribution in [1.82, 2.24) is 9.55 Å². The van der Waals surface area contributed by atoms with Crippen LogP contribution in [0.3, 0.4) is 0 Å². The number of fused-ring (bicyclic) bond motifs is 1. The third-order valence-corrected chi connectivity index (χ3v) is 3.40. The molecule has 0 bridgehead atoms. The van der Waals surface area contributed by atoms with Gasteiger partial charge in [-0.3, -0.25) is 14.2 Å². The summed E-state index contributed by atoms with van der Waals surface area (Å²) in [5.41, 5.74) is 7.25. The van der Waals surface area contributed by atoms with Crippen LogP contribution in [0.15, 0.2) is 53.3 Å². The second-order valence-electron chi connectivity index (χ2n) is 5.06. The fraction of sp³-hybridized carbons (Fsp3) is 0.118. The number of benzene rings is 2. The number of carbonyl (C=O) groups excluding carboxylic acids is 1. The monoisotopic (exact) mass is 309 g/mol. The minimum atomic E-state index is -0.434. The Labute approximate surface area is 132 Å². The van der Waals surface area contributed by atoms with Crippen molar-refractivity contribution in [3.05, 3.63) is 64.7 Å². The van der Waals surface area contributed by atoms with Gasteiger partial charge >= 0.3 is 5.97 Å². The molecule has 6 nitrogen and oxygen atoms in total. The highest BCUT2D eigenvalue weighted by atomic mass is 16.5. The maximum atomic E-state index is 12.8. The number of anilines is 1. The lowest BCUT2D eigenvalue weighted by Crippen LogP contribution is -2.24. The summed E-state index contributed by atoms with van der Waals surface area (Å²) in [7, 11) is 0. The van der Waals surface area contributed by atoms with E-state index in [-0.39, 0.29) is 12.2 Å². The Hall–Kier alpha value is -3.15. The number of aromatic nitrogens is 2. The van der Waals surface area contributed by atoms with Gasteiger partial charge in [-0.2, -0.15) is 0 Å². The molecule has 3 rings (SSSR count). The first-order valence-corrected chi connectivity index (χ1v) is 7.06. The van der Waals surface area contributed by atoms with Gasteiger partial charge in [0.15, 0.2) is 5.82 Å². The molecule has 0 radical (unpaired) electrons. The summed E-state index contributed by atoms with van der Waals surface area (Å²) in [6.45, 7) is 1.23. The number of ether oxygens (including phenoxy) is 1. The Kier molecular flexibility index (Phi) is 3.80. The van der Waals surface area contributed by atoms with E-state index in [0.717, 1.165) is 0 Å². The van der Waals surface area contributed by atoms with E-state index < -0.39 is 5.97 Å². The van der Waals surface area contributed by atoms with Crippen LogP contribution < -0.4 is 11.3 Å². The third kappa shape index (κ3) is 2.91. The van der Waals surface area contributed by atoms with E-state index in [0.29, 0.717) is 28.1 Å². The molecule has 0 saturated carbocycles. The smallest absolute Gasteiger partial charge is 0.303 e. The molecule has 116 valence electrons. The van der Waals surface area contributed by atoms with Crippen LogP contribution in [0, 0.1) is 0 Å². The van der Waals surface area contributed by atoms with Crippen LogP contribution >= 0.6 is 0 Å². The normalized spacial score (nSPS) is 10.7. The number of carbonyl (C=O) groups is 1. The molecule has 0 aliphatic rings. The fourth-order valence-corrected chi connectivity index (χ4v) is 2.33. The van der Waals surface area contributed by atoms with Gasteiger partial charge in [0.1, 0.15) is 6.61 Å². The fourth-order valence-electron chi connectivity index (χ4n) is 2.33. The van der Waals surface area contributed by atoms with Crippen molar-refractivity contribution in [2.45, 2.75) is 13.5 Å². The number of nitrogens with zero attached hydrogens (tertiary/aromatic N) is 2. The first-order chi connectivity index (χ1) is 11.1. The highest BCUT2D eigenvalue weighted by Crippen LogP contribution is 2.15. The molecule has 0 fully saturated rings. The van der Waals surface area contributed by atoms with Crippen molar-refractivity contribution >= 4 is 22.6 Å². The maximum Gasteiger partial charge on any atom is 0.303 e. The van der Waals surface area contributed by atoms with Crippen molar-refractivity contribution in [1.29, 1.82) is 0 Å². The average molecular weight is 309 g/mol. The first-order valence-electron chi connectivity index (χ1n) is 7.06. The van der Waals surface area contributed by atoms with Gasteiger partial charge in [0.05, 0.1) is 16.6 Å². The van der Waals surface area contributed by atoms with Crippen molar-refractivity contribution in [2.24, 2.45) is 0 Å². The molecule has 3 aromatic rings. The predicted molar refractivity (Wildman–Crippen MR) is 87.2 cm³/mol. The summed E-state index contributed by atoms with van der Waals surface area (Å²) in [6.07, 6.45) is 0. The van der Waals surface area contributed by atoms with Crippen LogP contribution in [-0.4, -0.2) is 15.5 Å². The van der Waals surface area contributed by atoms with Crippen molar-refractivity contribution in [3.63, 3.8) is 0 Å². The highest BCUT2D eigenvalue weighted by molar-refractivity contribution is 5.77. The van der Waals surface area contributed by atoms with Gasteiger partial charge in [0, 0.05) is 12.6 Å². The number of hydrogen-bond acceptors (Lipinski definition) is 5. The molecular formula is C17H15N3O3. The second kappa shape index (κ2) is 5.92. The molecule has 6 heteroatoms. The zero-order valence-electron chi connectivity index (χ0n) is 12.5. The number of esters is 1. The zero-order chi connectivity index (χ0) is 16.4. The molecule has 0 unspecified atom stereocenters. The standard InChI is InChI=1S/C17H15N3O3/c1-11(21)23-10-16-19-15-5-3-2-4-14(15)17(22)20(16)13-8-6-12(18)7-9-13/h2-9H,10,18H2,1H3. The van der Waals surface area contributed by atoms with E-state index in [1.54, 1.807) is 48.5 Å². The Morgan fingerprint density at radius 3 is 2.57 bits per heavy atom. The summed E-state index contributed by atoms with van der Waals surface area (Å²) in [6, 6.07) is 13.9. The van der Waals surface area contributed by atoms with E-state index in [4.69, 9.17) is 10.5 Å². The third-order valence-electron chi connectivity index (χ3n) is 3.40. The Balaban J connectivity index is 2.25. The Morgan fingerprint density at radius 2 is 1.87 bits per heavy atom. The van der Waals surface area contributed by atoms with Gasteiger partial charge in [-0.15, -0.1) is 0 Å². The van der Waals surface area contributed by atoms with Crippen LogP contribution in [0.5, 0.6) is 0 Å². The zero-order valence-corrected chi connectivity index (χ0v) is 12.5. The highest BCUT2D eigenvalue weighted by Gasteiger charge is 2.13. The largest absolute Gasteiger partial charge is 0.458 e. The number of para-hydroxylation sites is 1. The summed E-state index contributed by atoms with van der Waals surface area (Å²) in [5.74, 6) is -0.0788. The number of nitrogen functional groups attached to an aromatic ring is 1. The molecule has 0 aliphatic carbocycles. The van der Waals surface area contributed by atoms with Crippen molar-refractivity contribution in [3.8, 4) is 5.69 Å². The molecule has 0 saturated heterocycles. The van der Waals surface area contributed by atoms with E-state index in [2.05, 4.69) is 4.98 Å². The van der Waals surface area contributed by atoms with Gasteiger partial charge in [-0.1, -0.05) is 12.1 Å². The molecule has 2 aromatic carbocycles. The molecule has 0 atom stereocenters. The second-order valence-corrected chi connectivity index (χ2v) is 5.06. The first kappa shape index (κ1) is 14.8. The van der Waals surface area contributed by atoms with Gasteiger partial charge in [0.25, 0.3) is 5.56 Å². The van der Waals surface area contributed by atoms with Crippen LogP contribution in [0.4, 0.5) is 5.69 Å². The Bertz CT molecular complexity index is 930. The van der Waals surface area contributed by atoms with E-state index in [9.17, 15) is 9.59 Å². The summed E-state index contributed by atoms with van der Waals surface area (Å²) in [4.78, 5) is 28.4. The summed E-state index contributed by atoms with van der Waals surface area (Å²) >= 11 is 0. The predicted octanol–water partition coefficient (Wildman–Crippen LogP) is 2.03. The molecule has 0 spiro atoms. The van der Waals surface area contributed by atoms with Crippen LogP contribution in [-0.2, 0) is 16.1 Å². The van der Waals surface area contributed by atoms with Crippen molar-refractivity contribution < 1.29 is 9.53 Å². The van der Waals surface area contributed by atoms with Crippen LogP contribution in [0.2, 0.25) is 0 Å². The lowest BCUT2D eigenvalue weighted by molar-refractivity contribution is -0.142. The molecule has 1 aromatic heterocycles. The van der Waals surface area contributed by atoms with Gasteiger partial charge < -0.3 is 10.5 Å². The SMILES string of the molecule is CC(=O)OCc1nc2ccccc2c(=O)n1-c1ccc(N)cc1.